The molecule has 3 rings (SSSR count). The van der Waals surface area contributed by atoms with Crippen LogP contribution in [-0.4, -0.2) is 15.3 Å². The number of aryl methyl sites for hydroxylation is 1. The first-order valence-electron chi connectivity index (χ1n) is 6.96. The zero-order chi connectivity index (χ0) is 14.8. The Labute approximate surface area is 126 Å². The molecule has 21 heavy (non-hydrogen) atoms. The number of aromatic nitrogens is 1. The first-order chi connectivity index (χ1) is 10.1. The fourth-order valence-corrected chi connectivity index (χ4v) is 3.77. The van der Waals surface area contributed by atoms with Crippen molar-refractivity contribution in [3.8, 4) is 0 Å². The molecular formula is C15H16N2O3S. The van der Waals surface area contributed by atoms with Crippen LogP contribution in [0, 0.1) is 23.0 Å². The smallest absolute Gasteiger partial charge is 0.334 e. The largest absolute Gasteiger partial charge is 0.354 e. The highest BCUT2D eigenvalue weighted by Gasteiger charge is 2.35. The zero-order valence-corrected chi connectivity index (χ0v) is 12.5. The van der Waals surface area contributed by atoms with Gasteiger partial charge in [0.15, 0.2) is 5.69 Å². The van der Waals surface area contributed by atoms with E-state index >= 15 is 0 Å². The van der Waals surface area contributed by atoms with Crippen molar-refractivity contribution >= 4 is 17.4 Å². The predicted molar refractivity (Wildman–Crippen MR) is 80.4 cm³/mol. The Hall–Kier alpha value is -1.82. The van der Waals surface area contributed by atoms with Crippen LogP contribution in [0.4, 0.5) is 5.69 Å². The molecule has 0 bridgehead atoms. The minimum atomic E-state index is -0.391. The highest BCUT2D eigenvalue weighted by Crippen LogP contribution is 2.44. The summed E-state index contributed by atoms with van der Waals surface area (Å²) in [6, 6.07) is 10.1. The first kappa shape index (κ1) is 14.1. The van der Waals surface area contributed by atoms with Gasteiger partial charge in [0.05, 0.1) is 4.92 Å². The standard InChI is InChI=1S/C15H16N2O3S/c1-10-15(17(18)19)13(20-16-10)9-14(11-7-8-11)21-12-5-3-2-4-6-12/h2-6,11,14H,7-9H2,1H3/t14-/m0/s1. The van der Waals surface area contributed by atoms with Crippen LogP contribution in [0.15, 0.2) is 39.8 Å². The van der Waals surface area contributed by atoms with Crippen molar-refractivity contribution in [1.82, 2.24) is 5.16 Å². The maximum Gasteiger partial charge on any atom is 0.334 e. The van der Waals surface area contributed by atoms with Gasteiger partial charge in [-0.25, -0.2) is 0 Å². The lowest BCUT2D eigenvalue weighted by Gasteiger charge is -2.13. The van der Waals surface area contributed by atoms with Gasteiger partial charge in [-0.3, -0.25) is 10.1 Å². The van der Waals surface area contributed by atoms with Crippen LogP contribution in [0.3, 0.4) is 0 Å². The van der Waals surface area contributed by atoms with Crippen LogP contribution in [-0.2, 0) is 6.42 Å². The molecular weight excluding hydrogens is 288 g/mol. The van der Waals surface area contributed by atoms with Gasteiger partial charge in [0.25, 0.3) is 0 Å². The second kappa shape index (κ2) is 5.89. The number of hydrogen-bond acceptors (Lipinski definition) is 5. The SMILES string of the molecule is Cc1noc(C[C@H](Sc2ccccc2)C2CC2)c1[N+](=O)[O-]. The molecule has 1 aliphatic rings. The molecule has 1 aromatic heterocycles. The van der Waals surface area contributed by atoms with Crippen molar-refractivity contribution in [2.75, 3.05) is 0 Å². The quantitative estimate of drug-likeness (QED) is 0.458. The van der Waals surface area contributed by atoms with Crippen molar-refractivity contribution in [1.29, 1.82) is 0 Å². The number of hydrogen-bond donors (Lipinski definition) is 0. The molecule has 0 aliphatic heterocycles. The summed E-state index contributed by atoms with van der Waals surface area (Å²) < 4.78 is 5.20. The monoisotopic (exact) mass is 304 g/mol. The van der Waals surface area contributed by atoms with E-state index in [4.69, 9.17) is 4.52 Å². The van der Waals surface area contributed by atoms with E-state index in [1.807, 2.05) is 18.2 Å². The highest BCUT2D eigenvalue weighted by molar-refractivity contribution is 8.00. The molecule has 0 saturated heterocycles. The van der Waals surface area contributed by atoms with E-state index in [0.717, 1.165) is 0 Å². The average Bonchev–Trinajstić information content (AvgIpc) is 3.24. The molecule has 0 spiro atoms. The van der Waals surface area contributed by atoms with Crippen molar-refractivity contribution in [3.05, 3.63) is 51.9 Å². The molecule has 2 aromatic rings. The minimum Gasteiger partial charge on any atom is -0.354 e. The molecule has 0 N–H and O–H groups in total. The summed E-state index contributed by atoms with van der Waals surface area (Å²) in [6.45, 7) is 1.61. The van der Waals surface area contributed by atoms with Crippen LogP contribution in [0.1, 0.15) is 24.3 Å². The zero-order valence-electron chi connectivity index (χ0n) is 11.7. The Morgan fingerprint density at radius 1 is 1.43 bits per heavy atom. The lowest BCUT2D eigenvalue weighted by Crippen LogP contribution is -2.10. The first-order valence-corrected chi connectivity index (χ1v) is 7.84. The van der Waals surface area contributed by atoms with Gasteiger partial charge in [0.1, 0.15) is 0 Å². The second-order valence-corrected chi connectivity index (χ2v) is 6.62. The third-order valence-corrected chi connectivity index (χ3v) is 5.05. The number of benzene rings is 1. The van der Waals surface area contributed by atoms with Gasteiger partial charge >= 0.3 is 5.69 Å². The maximum atomic E-state index is 11.1. The molecule has 110 valence electrons. The highest BCUT2D eigenvalue weighted by atomic mass is 32.2. The number of thioether (sulfide) groups is 1. The number of rotatable bonds is 6. The van der Waals surface area contributed by atoms with Gasteiger partial charge in [-0.1, -0.05) is 23.4 Å². The maximum absolute atomic E-state index is 11.1. The molecule has 0 amide bonds. The summed E-state index contributed by atoms with van der Waals surface area (Å²) in [5.41, 5.74) is 0.392. The third-order valence-electron chi connectivity index (χ3n) is 3.65. The van der Waals surface area contributed by atoms with E-state index in [1.165, 1.54) is 17.7 Å². The number of nitrogens with zero attached hydrogens (tertiary/aromatic N) is 2. The Kier molecular flexibility index (Phi) is 3.96. The van der Waals surface area contributed by atoms with Gasteiger partial charge in [-0.05, 0) is 37.8 Å². The molecule has 6 heteroatoms. The van der Waals surface area contributed by atoms with Crippen LogP contribution in [0.25, 0.3) is 0 Å². The summed E-state index contributed by atoms with van der Waals surface area (Å²) >= 11 is 1.77. The van der Waals surface area contributed by atoms with E-state index in [2.05, 4.69) is 17.3 Å². The van der Waals surface area contributed by atoms with Crippen molar-refractivity contribution in [3.63, 3.8) is 0 Å². The Morgan fingerprint density at radius 2 is 2.14 bits per heavy atom. The summed E-state index contributed by atoms with van der Waals surface area (Å²) in [5, 5.41) is 15.2. The van der Waals surface area contributed by atoms with Gasteiger partial charge in [0, 0.05) is 16.6 Å². The second-order valence-electron chi connectivity index (χ2n) is 5.31. The molecule has 1 atom stereocenters. The van der Waals surface area contributed by atoms with Gasteiger partial charge < -0.3 is 4.52 Å². The Morgan fingerprint density at radius 3 is 2.76 bits per heavy atom. The van der Waals surface area contributed by atoms with E-state index in [1.54, 1.807) is 18.7 Å². The van der Waals surface area contributed by atoms with Gasteiger partial charge in [-0.15, -0.1) is 11.8 Å². The lowest BCUT2D eigenvalue weighted by atomic mass is 10.1. The summed E-state index contributed by atoms with van der Waals surface area (Å²) in [6.07, 6.45) is 2.93. The summed E-state index contributed by atoms with van der Waals surface area (Å²) in [4.78, 5) is 11.9. The average molecular weight is 304 g/mol. The molecule has 0 unspecified atom stereocenters. The fraction of sp³-hybridized carbons (Fsp3) is 0.400. The Bertz CT molecular complexity index is 638. The molecule has 5 nitrogen and oxygen atoms in total. The molecule has 1 fully saturated rings. The summed E-state index contributed by atoms with van der Waals surface area (Å²) in [5.74, 6) is 1.01. The van der Waals surface area contributed by atoms with Crippen molar-refractivity contribution < 1.29 is 9.45 Å². The Balaban J connectivity index is 1.78. The van der Waals surface area contributed by atoms with Crippen LogP contribution < -0.4 is 0 Å². The molecule has 1 aliphatic carbocycles. The lowest BCUT2D eigenvalue weighted by molar-refractivity contribution is -0.386. The van der Waals surface area contributed by atoms with Gasteiger partial charge in [-0.2, -0.15) is 0 Å². The van der Waals surface area contributed by atoms with Crippen molar-refractivity contribution in [2.45, 2.75) is 36.3 Å². The van der Waals surface area contributed by atoms with E-state index < -0.39 is 4.92 Å². The topological polar surface area (TPSA) is 69.2 Å². The van der Waals surface area contributed by atoms with Crippen LogP contribution >= 0.6 is 11.8 Å². The molecule has 1 aromatic carbocycles. The molecule has 1 heterocycles. The molecule has 0 radical (unpaired) electrons. The van der Waals surface area contributed by atoms with Crippen LogP contribution in [0.5, 0.6) is 0 Å². The van der Waals surface area contributed by atoms with E-state index in [0.29, 0.717) is 29.0 Å². The third kappa shape index (κ3) is 3.26. The fourth-order valence-electron chi connectivity index (χ4n) is 2.41. The number of nitro groups is 1. The normalized spacial score (nSPS) is 15.9. The summed E-state index contributed by atoms with van der Waals surface area (Å²) in [7, 11) is 0. The van der Waals surface area contributed by atoms with E-state index in [-0.39, 0.29) is 5.69 Å². The van der Waals surface area contributed by atoms with Crippen molar-refractivity contribution in [2.24, 2.45) is 5.92 Å². The van der Waals surface area contributed by atoms with Gasteiger partial charge in [0.2, 0.25) is 5.76 Å². The predicted octanol–water partition coefficient (Wildman–Crippen LogP) is 4.00. The van der Waals surface area contributed by atoms with E-state index in [9.17, 15) is 10.1 Å². The minimum absolute atomic E-state index is 0.0364. The van der Waals surface area contributed by atoms with Crippen LogP contribution in [0.2, 0.25) is 0 Å². The molecule has 1 saturated carbocycles.